The van der Waals surface area contributed by atoms with Crippen LogP contribution in [0.5, 0.6) is 0 Å². The van der Waals surface area contributed by atoms with Gasteiger partial charge in [-0.25, -0.2) is 0 Å². The molecule has 3 nitrogen and oxygen atoms in total. The molecule has 1 aliphatic heterocycles. The van der Waals surface area contributed by atoms with Gasteiger partial charge in [0.1, 0.15) is 0 Å². The van der Waals surface area contributed by atoms with Crippen LogP contribution in [-0.4, -0.2) is 35.1 Å². The highest BCUT2D eigenvalue weighted by molar-refractivity contribution is 9.10. The molecule has 0 atom stereocenters. The van der Waals surface area contributed by atoms with Crippen LogP contribution in [0.25, 0.3) is 0 Å². The SMILES string of the molecule is Cc1cc(Br)cc(C(=O)N2CCC(O)CC2)c1. The predicted molar refractivity (Wildman–Crippen MR) is 70.0 cm³/mol. The summed E-state index contributed by atoms with van der Waals surface area (Å²) in [4.78, 5) is 14.0. The Morgan fingerprint density at radius 2 is 2.00 bits per heavy atom. The van der Waals surface area contributed by atoms with Crippen LogP contribution in [0.3, 0.4) is 0 Å². The molecule has 92 valence electrons. The van der Waals surface area contributed by atoms with Crippen LogP contribution in [0.2, 0.25) is 0 Å². The van der Waals surface area contributed by atoms with Crippen molar-refractivity contribution in [3.63, 3.8) is 0 Å². The Kier molecular flexibility index (Phi) is 3.84. The van der Waals surface area contributed by atoms with E-state index < -0.39 is 0 Å². The second-order valence-corrected chi connectivity index (χ2v) is 5.46. The average Bonchev–Trinajstić information content (AvgIpc) is 2.28. The van der Waals surface area contributed by atoms with Gasteiger partial charge in [-0.15, -0.1) is 0 Å². The smallest absolute Gasteiger partial charge is 0.253 e. The number of halogens is 1. The first kappa shape index (κ1) is 12.6. The topological polar surface area (TPSA) is 40.5 Å². The van der Waals surface area contributed by atoms with Crippen molar-refractivity contribution >= 4 is 21.8 Å². The van der Waals surface area contributed by atoms with Crippen molar-refractivity contribution < 1.29 is 9.90 Å². The lowest BCUT2D eigenvalue weighted by Gasteiger charge is -2.29. The van der Waals surface area contributed by atoms with Crippen LogP contribution in [-0.2, 0) is 0 Å². The maximum atomic E-state index is 12.2. The lowest BCUT2D eigenvalue weighted by atomic mass is 10.1. The summed E-state index contributed by atoms with van der Waals surface area (Å²) in [5, 5.41) is 9.42. The fraction of sp³-hybridized carbons (Fsp3) is 0.462. The van der Waals surface area contributed by atoms with Gasteiger partial charge in [0.2, 0.25) is 0 Å². The van der Waals surface area contributed by atoms with Gasteiger partial charge in [0.05, 0.1) is 6.10 Å². The van der Waals surface area contributed by atoms with Gasteiger partial charge in [0.25, 0.3) is 5.91 Å². The molecule has 1 N–H and O–H groups in total. The summed E-state index contributed by atoms with van der Waals surface area (Å²) < 4.78 is 0.929. The number of carbonyl (C=O) groups is 1. The second-order valence-electron chi connectivity index (χ2n) is 4.54. The van der Waals surface area contributed by atoms with E-state index in [1.165, 1.54) is 0 Å². The van der Waals surface area contributed by atoms with E-state index in [4.69, 9.17) is 0 Å². The summed E-state index contributed by atoms with van der Waals surface area (Å²) >= 11 is 3.40. The molecule has 1 saturated heterocycles. The molecule has 4 heteroatoms. The summed E-state index contributed by atoms with van der Waals surface area (Å²) in [6.07, 6.45) is 1.11. The molecular formula is C13H16BrNO2. The van der Waals surface area contributed by atoms with Gasteiger partial charge >= 0.3 is 0 Å². The number of aryl methyl sites for hydroxylation is 1. The van der Waals surface area contributed by atoms with Crippen molar-refractivity contribution in [1.29, 1.82) is 0 Å². The Labute approximate surface area is 110 Å². The van der Waals surface area contributed by atoms with Gasteiger partial charge in [0.15, 0.2) is 0 Å². The van der Waals surface area contributed by atoms with Gasteiger partial charge < -0.3 is 10.0 Å². The standard InChI is InChI=1S/C13H16BrNO2/c1-9-6-10(8-11(14)7-9)13(17)15-4-2-12(16)3-5-15/h6-8,12,16H,2-5H2,1H3. The maximum absolute atomic E-state index is 12.2. The first-order valence-corrected chi connectivity index (χ1v) is 6.60. The fourth-order valence-electron chi connectivity index (χ4n) is 2.11. The van der Waals surface area contributed by atoms with Crippen molar-refractivity contribution in [3.8, 4) is 0 Å². The van der Waals surface area contributed by atoms with Crippen LogP contribution in [0.1, 0.15) is 28.8 Å². The van der Waals surface area contributed by atoms with Crippen molar-refractivity contribution in [1.82, 2.24) is 4.90 Å². The Balaban J connectivity index is 2.14. The third-order valence-electron chi connectivity index (χ3n) is 3.04. The Hall–Kier alpha value is -0.870. The van der Waals surface area contributed by atoms with Crippen LogP contribution in [0.15, 0.2) is 22.7 Å². The number of rotatable bonds is 1. The zero-order valence-electron chi connectivity index (χ0n) is 9.82. The second kappa shape index (κ2) is 5.19. The quantitative estimate of drug-likeness (QED) is 0.864. The van der Waals surface area contributed by atoms with E-state index in [0.717, 1.165) is 10.0 Å². The number of likely N-dealkylation sites (tertiary alicyclic amines) is 1. The lowest BCUT2D eigenvalue weighted by Crippen LogP contribution is -2.40. The molecular weight excluding hydrogens is 282 g/mol. The third kappa shape index (κ3) is 3.07. The molecule has 1 aromatic rings. The van der Waals surface area contributed by atoms with Crippen molar-refractivity contribution in [2.75, 3.05) is 13.1 Å². The van der Waals surface area contributed by atoms with Gasteiger partial charge in [-0.1, -0.05) is 15.9 Å². The van der Waals surface area contributed by atoms with E-state index >= 15 is 0 Å². The minimum absolute atomic E-state index is 0.0568. The third-order valence-corrected chi connectivity index (χ3v) is 3.50. The molecule has 2 rings (SSSR count). The Morgan fingerprint density at radius 1 is 1.35 bits per heavy atom. The lowest BCUT2D eigenvalue weighted by molar-refractivity contribution is 0.0546. The largest absolute Gasteiger partial charge is 0.393 e. The molecule has 1 fully saturated rings. The summed E-state index contributed by atoms with van der Waals surface area (Å²) in [5.41, 5.74) is 1.79. The minimum atomic E-state index is -0.247. The van der Waals surface area contributed by atoms with E-state index in [-0.39, 0.29) is 12.0 Å². The molecule has 0 unspecified atom stereocenters. The number of piperidine rings is 1. The maximum Gasteiger partial charge on any atom is 0.253 e. The first-order chi connectivity index (χ1) is 8.06. The van der Waals surface area contributed by atoms with Crippen LogP contribution in [0, 0.1) is 6.92 Å². The van der Waals surface area contributed by atoms with Crippen LogP contribution < -0.4 is 0 Å². The number of benzene rings is 1. The molecule has 17 heavy (non-hydrogen) atoms. The number of amides is 1. The molecule has 1 aliphatic rings. The summed E-state index contributed by atoms with van der Waals surface area (Å²) in [7, 11) is 0. The normalized spacial score (nSPS) is 17.2. The van der Waals surface area contributed by atoms with Crippen LogP contribution >= 0.6 is 15.9 Å². The van der Waals surface area contributed by atoms with Crippen LogP contribution in [0.4, 0.5) is 0 Å². The number of hydrogen-bond acceptors (Lipinski definition) is 2. The zero-order chi connectivity index (χ0) is 12.4. The molecule has 0 radical (unpaired) electrons. The number of carbonyl (C=O) groups excluding carboxylic acids is 1. The summed E-state index contributed by atoms with van der Waals surface area (Å²) in [6, 6.07) is 5.73. The van der Waals surface area contributed by atoms with Gasteiger partial charge in [-0.2, -0.15) is 0 Å². The predicted octanol–water partition coefficient (Wildman–Crippen LogP) is 2.35. The van der Waals surface area contributed by atoms with Gasteiger partial charge in [-0.05, 0) is 43.5 Å². The average molecular weight is 298 g/mol. The Morgan fingerprint density at radius 3 is 2.59 bits per heavy atom. The highest BCUT2D eigenvalue weighted by atomic mass is 79.9. The highest BCUT2D eigenvalue weighted by Crippen LogP contribution is 2.19. The van der Waals surface area contributed by atoms with Crippen molar-refractivity contribution in [2.24, 2.45) is 0 Å². The molecule has 1 aromatic carbocycles. The fourth-order valence-corrected chi connectivity index (χ4v) is 2.72. The van der Waals surface area contributed by atoms with E-state index in [9.17, 15) is 9.90 Å². The molecule has 0 saturated carbocycles. The molecule has 1 heterocycles. The zero-order valence-corrected chi connectivity index (χ0v) is 11.4. The number of nitrogens with zero attached hydrogens (tertiary/aromatic N) is 1. The molecule has 0 aliphatic carbocycles. The summed E-state index contributed by atoms with van der Waals surface area (Å²) in [6.45, 7) is 3.26. The van der Waals surface area contributed by atoms with Crippen molar-refractivity contribution in [3.05, 3.63) is 33.8 Å². The van der Waals surface area contributed by atoms with E-state index in [1.54, 1.807) is 0 Å². The number of aliphatic hydroxyl groups is 1. The monoisotopic (exact) mass is 297 g/mol. The molecule has 0 spiro atoms. The van der Waals surface area contributed by atoms with Crippen molar-refractivity contribution in [2.45, 2.75) is 25.9 Å². The first-order valence-electron chi connectivity index (χ1n) is 5.81. The molecule has 0 aromatic heterocycles. The van der Waals surface area contributed by atoms with Gasteiger partial charge in [0, 0.05) is 23.1 Å². The Bertz CT molecular complexity index is 405. The molecule has 0 bridgehead atoms. The van der Waals surface area contributed by atoms with E-state index in [2.05, 4.69) is 15.9 Å². The highest BCUT2D eigenvalue weighted by Gasteiger charge is 2.22. The van der Waals surface area contributed by atoms with E-state index in [1.807, 2.05) is 30.0 Å². The van der Waals surface area contributed by atoms with Gasteiger partial charge in [-0.3, -0.25) is 4.79 Å². The molecule has 1 amide bonds. The number of aliphatic hydroxyl groups excluding tert-OH is 1. The minimum Gasteiger partial charge on any atom is -0.393 e. The number of hydrogen-bond donors (Lipinski definition) is 1. The van der Waals surface area contributed by atoms with E-state index in [0.29, 0.717) is 31.5 Å². The summed E-state index contributed by atoms with van der Waals surface area (Å²) in [5.74, 6) is 0.0568.